The number of fused-ring (bicyclic) bond motifs is 2. The zero-order chi connectivity index (χ0) is 22.2. The van der Waals surface area contributed by atoms with Crippen LogP contribution in [0, 0.1) is 6.92 Å². The van der Waals surface area contributed by atoms with E-state index < -0.39 is 6.04 Å². The highest BCUT2D eigenvalue weighted by Crippen LogP contribution is 2.39. The molecule has 2 aromatic heterocycles. The van der Waals surface area contributed by atoms with Crippen molar-refractivity contribution in [2.75, 3.05) is 6.61 Å². The van der Waals surface area contributed by atoms with E-state index in [0.717, 1.165) is 23.3 Å². The summed E-state index contributed by atoms with van der Waals surface area (Å²) in [6.45, 7) is 4.83. The van der Waals surface area contributed by atoms with Gasteiger partial charge in [-0.25, -0.2) is 0 Å². The molecule has 0 fully saturated rings. The number of nitrogens with zero attached hydrogens (tertiary/aromatic N) is 1. The van der Waals surface area contributed by atoms with Crippen molar-refractivity contribution in [2.45, 2.75) is 32.9 Å². The minimum absolute atomic E-state index is 0.0919. The lowest BCUT2D eigenvalue weighted by Crippen LogP contribution is -2.29. The summed E-state index contributed by atoms with van der Waals surface area (Å²) in [4.78, 5) is 28.6. The molecule has 32 heavy (non-hydrogen) atoms. The average Bonchev–Trinajstić information content (AvgIpc) is 3.41. The summed E-state index contributed by atoms with van der Waals surface area (Å²) < 4.78 is 17.2. The zero-order valence-electron chi connectivity index (χ0n) is 18.0. The first-order valence-electron chi connectivity index (χ1n) is 10.7. The van der Waals surface area contributed by atoms with Crippen LogP contribution in [0.5, 0.6) is 5.75 Å². The molecule has 6 nitrogen and oxygen atoms in total. The monoisotopic (exact) mass is 429 g/mol. The molecule has 1 aliphatic rings. The van der Waals surface area contributed by atoms with Gasteiger partial charge in [0.2, 0.25) is 5.76 Å². The first-order valence-corrected chi connectivity index (χ1v) is 10.7. The van der Waals surface area contributed by atoms with Gasteiger partial charge in [0, 0.05) is 0 Å². The van der Waals surface area contributed by atoms with E-state index in [1.165, 1.54) is 0 Å². The van der Waals surface area contributed by atoms with Crippen LogP contribution < -0.4 is 10.2 Å². The maximum absolute atomic E-state index is 13.6. The fraction of sp³-hybridized carbons (Fsp3) is 0.231. The molecule has 3 heterocycles. The normalized spacial score (nSPS) is 15.4. The fourth-order valence-electron chi connectivity index (χ4n) is 4.18. The first-order chi connectivity index (χ1) is 15.6. The maximum atomic E-state index is 13.6. The molecule has 0 radical (unpaired) electrons. The van der Waals surface area contributed by atoms with Crippen LogP contribution in [0.25, 0.3) is 11.0 Å². The average molecular weight is 429 g/mol. The summed E-state index contributed by atoms with van der Waals surface area (Å²) in [6, 6.07) is 15.9. The van der Waals surface area contributed by atoms with Gasteiger partial charge < -0.3 is 18.5 Å². The minimum Gasteiger partial charge on any atom is -0.494 e. The van der Waals surface area contributed by atoms with Gasteiger partial charge in [-0.1, -0.05) is 30.7 Å². The number of furan rings is 1. The van der Waals surface area contributed by atoms with E-state index in [-0.39, 0.29) is 23.6 Å². The second-order valence-corrected chi connectivity index (χ2v) is 8.01. The Bertz CT molecular complexity index is 1340. The molecule has 0 saturated carbocycles. The number of carbonyl (C=O) groups is 1. The molecule has 0 saturated heterocycles. The van der Waals surface area contributed by atoms with Crippen LogP contribution in [0.2, 0.25) is 0 Å². The van der Waals surface area contributed by atoms with Crippen molar-refractivity contribution in [3.8, 4) is 5.75 Å². The molecule has 0 aliphatic carbocycles. The summed E-state index contributed by atoms with van der Waals surface area (Å²) in [5.74, 6) is 1.15. The van der Waals surface area contributed by atoms with Gasteiger partial charge in [0.25, 0.3) is 5.91 Å². The van der Waals surface area contributed by atoms with Crippen molar-refractivity contribution < 1.29 is 18.4 Å². The molecule has 0 bridgehead atoms. The van der Waals surface area contributed by atoms with Gasteiger partial charge in [0.1, 0.15) is 17.1 Å². The molecule has 1 unspecified atom stereocenters. The maximum Gasteiger partial charge on any atom is 0.291 e. The highest BCUT2D eigenvalue weighted by atomic mass is 16.5. The van der Waals surface area contributed by atoms with E-state index in [2.05, 4.69) is 0 Å². The second kappa shape index (κ2) is 8.04. The van der Waals surface area contributed by atoms with Crippen molar-refractivity contribution >= 4 is 16.9 Å². The van der Waals surface area contributed by atoms with Gasteiger partial charge in [-0.2, -0.15) is 0 Å². The van der Waals surface area contributed by atoms with Crippen LogP contribution in [-0.2, 0) is 6.54 Å². The van der Waals surface area contributed by atoms with Crippen LogP contribution in [0.4, 0.5) is 0 Å². The van der Waals surface area contributed by atoms with Crippen LogP contribution in [-0.4, -0.2) is 17.4 Å². The van der Waals surface area contributed by atoms with E-state index in [0.29, 0.717) is 28.9 Å². The van der Waals surface area contributed by atoms with Crippen LogP contribution >= 0.6 is 0 Å². The number of benzene rings is 2. The Morgan fingerprint density at radius 1 is 1.06 bits per heavy atom. The van der Waals surface area contributed by atoms with Gasteiger partial charge in [-0.05, 0) is 55.3 Å². The Kier molecular flexibility index (Phi) is 5.05. The summed E-state index contributed by atoms with van der Waals surface area (Å²) in [5.41, 5.74) is 2.36. The summed E-state index contributed by atoms with van der Waals surface area (Å²) in [7, 11) is 0. The standard InChI is InChI=1S/C26H23NO5/c1-3-12-30-18-9-7-17(8-10-18)23-22-24(28)20-14-16(2)6-11-21(20)32-25(22)26(29)27(23)15-19-5-4-13-31-19/h4-11,13-14,23H,3,12,15H2,1-2H3. The Labute approximate surface area is 185 Å². The molecule has 0 spiro atoms. The molecule has 1 atom stereocenters. The number of rotatable bonds is 6. The Hall–Kier alpha value is -3.80. The van der Waals surface area contributed by atoms with Gasteiger partial charge in [-0.15, -0.1) is 0 Å². The molecule has 162 valence electrons. The smallest absolute Gasteiger partial charge is 0.291 e. The Morgan fingerprint density at radius 3 is 2.59 bits per heavy atom. The number of amides is 1. The number of aryl methyl sites for hydroxylation is 1. The molecule has 6 heteroatoms. The van der Waals surface area contributed by atoms with Crippen molar-refractivity contribution in [1.29, 1.82) is 0 Å². The zero-order valence-corrected chi connectivity index (χ0v) is 18.0. The lowest BCUT2D eigenvalue weighted by molar-refractivity contribution is 0.0701. The molecule has 0 N–H and O–H groups in total. The third kappa shape index (κ3) is 3.38. The quantitative estimate of drug-likeness (QED) is 0.420. The third-order valence-electron chi connectivity index (χ3n) is 5.70. The molecular weight excluding hydrogens is 406 g/mol. The van der Waals surface area contributed by atoms with Gasteiger partial charge in [0.05, 0.1) is 36.4 Å². The minimum atomic E-state index is -0.580. The third-order valence-corrected chi connectivity index (χ3v) is 5.70. The van der Waals surface area contributed by atoms with Gasteiger partial charge in [0.15, 0.2) is 5.43 Å². The highest BCUT2D eigenvalue weighted by Gasteiger charge is 2.43. The summed E-state index contributed by atoms with van der Waals surface area (Å²) in [6.07, 6.45) is 2.48. The van der Waals surface area contributed by atoms with Crippen LogP contribution in [0.3, 0.4) is 0 Å². The Morgan fingerprint density at radius 2 is 1.88 bits per heavy atom. The van der Waals surface area contributed by atoms with Crippen molar-refractivity contribution in [3.05, 3.63) is 99.3 Å². The van der Waals surface area contributed by atoms with E-state index in [4.69, 9.17) is 13.6 Å². The van der Waals surface area contributed by atoms with Gasteiger partial charge in [-0.3, -0.25) is 9.59 Å². The fourth-order valence-corrected chi connectivity index (χ4v) is 4.18. The number of ether oxygens (including phenoxy) is 1. The Balaban J connectivity index is 1.66. The lowest BCUT2D eigenvalue weighted by atomic mass is 9.98. The van der Waals surface area contributed by atoms with E-state index >= 15 is 0 Å². The molecule has 2 aromatic carbocycles. The molecule has 1 aliphatic heterocycles. The van der Waals surface area contributed by atoms with Crippen LogP contribution in [0.1, 0.15) is 52.4 Å². The molecular formula is C26H23NO5. The number of carbonyl (C=O) groups excluding carboxylic acids is 1. The summed E-state index contributed by atoms with van der Waals surface area (Å²) in [5, 5.41) is 0.476. The SMILES string of the molecule is CCCOc1ccc(C2c3c(oc4ccc(C)cc4c3=O)C(=O)N2Cc2ccco2)cc1. The topological polar surface area (TPSA) is 72.9 Å². The molecule has 5 rings (SSSR count). The van der Waals surface area contributed by atoms with Crippen molar-refractivity contribution in [3.63, 3.8) is 0 Å². The lowest BCUT2D eigenvalue weighted by Gasteiger charge is -2.24. The van der Waals surface area contributed by atoms with E-state index in [9.17, 15) is 9.59 Å². The van der Waals surface area contributed by atoms with Crippen molar-refractivity contribution in [1.82, 2.24) is 4.90 Å². The van der Waals surface area contributed by atoms with Crippen LogP contribution in [0.15, 0.2) is 74.5 Å². The second-order valence-electron chi connectivity index (χ2n) is 8.01. The van der Waals surface area contributed by atoms with Gasteiger partial charge >= 0.3 is 0 Å². The van der Waals surface area contributed by atoms with E-state index in [1.54, 1.807) is 29.4 Å². The van der Waals surface area contributed by atoms with Crippen molar-refractivity contribution in [2.24, 2.45) is 0 Å². The first kappa shape index (κ1) is 20.1. The molecule has 1 amide bonds. The summed E-state index contributed by atoms with van der Waals surface area (Å²) >= 11 is 0. The molecule has 4 aromatic rings. The largest absolute Gasteiger partial charge is 0.494 e. The van der Waals surface area contributed by atoms with E-state index in [1.807, 2.05) is 50.2 Å². The number of hydrogen-bond acceptors (Lipinski definition) is 5. The highest BCUT2D eigenvalue weighted by molar-refractivity contribution is 5.99. The number of hydrogen-bond donors (Lipinski definition) is 0. The predicted octanol–water partition coefficient (Wildman–Crippen LogP) is 5.23. The predicted molar refractivity (Wildman–Crippen MR) is 120 cm³/mol.